The summed E-state index contributed by atoms with van der Waals surface area (Å²) in [4.78, 5) is 23.3. The summed E-state index contributed by atoms with van der Waals surface area (Å²) in [5.74, 6) is 0.171. The van der Waals surface area contributed by atoms with Gasteiger partial charge in [0.1, 0.15) is 11.4 Å². The van der Waals surface area contributed by atoms with Crippen LogP contribution in [0.4, 0.5) is 16.2 Å². The first-order valence-corrected chi connectivity index (χ1v) is 7.78. The second kappa shape index (κ2) is 7.74. The SMILES string of the molecule is COC(=O)c1ccc(CNc2ccccc2NC(=O)OC(C)(C)C)o1. The topological polar surface area (TPSA) is 89.8 Å². The molecule has 1 aromatic heterocycles. The van der Waals surface area contributed by atoms with Gasteiger partial charge in [-0.05, 0) is 45.0 Å². The number of benzene rings is 1. The highest BCUT2D eigenvalue weighted by molar-refractivity contribution is 5.89. The molecule has 2 rings (SSSR count). The van der Waals surface area contributed by atoms with Crippen molar-refractivity contribution in [3.8, 4) is 0 Å². The number of hydrogen-bond acceptors (Lipinski definition) is 6. The van der Waals surface area contributed by atoms with Gasteiger partial charge in [0.15, 0.2) is 0 Å². The van der Waals surface area contributed by atoms with Crippen molar-refractivity contribution in [3.63, 3.8) is 0 Å². The number of carbonyl (C=O) groups excluding carboxylic acids is 2. The first-order valence-electron chi connectivity index (χ1n) is 7.78. The molecule has 0 saturated carbocycles. The monoisotopic (exact) mass is 346 g/mol. The molecule has 0 atom stereocenters. The number of furan rings is 1. The molecule has 0 spiro atoms. The molecule has 25 heavy (non-hydrogen) atoms. The number of anilines is 2. The van der Waals surface area contributed by atoms with Gasteiger partial charge in [-0.1, -0.05) is 12.1 Å². The third-order valence-electron chi connectivity index (χ3n) is 3.06. The van der Waals surface area contributed by atoms with E-state index in [1.54, 1.807) is 45.0 Å². The fourth-order valence-corrected chi connectivity index (χ4v) is 2.03. The van der Waals surface area contributed by atoms with Gasteiger partial charge >= 0.3 is 12.1 Å². The smallest absolute Gasteiger partial charge is 0.412 e. The summed E-state index contributed by atoms with van der Waals surface area (Å²) in [6.07, 6.45) is -0.535. The molecule has 2 N–H and O–H groups in total. The van der Waals surface area contributed by atoms with Crippen molar-refractivity contribution in [3.05, 3.63) is 47.9 Å². The van der Waals surface area contributed by atoms with E-state index in [-0.39, 0.29) is 5.76 Å². The minimum Gasteiger partial charge on any atom is -0.463 e. The minimum atomic E-state index is -0.578. The van der Waals surface area contributed by atoms with Crippen LogP contribution in [0, 0.1) is 0 Å². The Morgan fingerprint density at radius 2 is 1.76 bits per heavy atom. The molecule has 7 nitrogen and oxygen atoms in total. The highest BCUT2D eigenvalue weighted by Gasteiger charge is 2.17. The normalized spacial score (nSPS) is 10.9. The molecular weight excluding hydrogens is 324 g/mol. The molecule has 0 bridgehead atoms. The highest BCUT2D eigenvalue weighted by Crippen LogP contribution is 2.23. The van der Waals surface area contributed by atoms with Crippen LogP contribution >= 0.6 is 0 Å². The summed E-state index contributed by atoms with van der Waals surface area (Å²) < 4.78 is 15.3. The van der Waals surface area contributed by atoms with Crippen LogP contribution in [0.15, 0.2) is 40.8 Å². The van der Waals surface area contributed by atoms with E-state index < -0.39 is 17.7 Å². The van der Waals surface area contributed by atoms with Crippen LogP contribution in [0.25, 0.3) is 0 Å². The van der Waals surface area contributed by atoms with Gasteiger partial charge in [-0.2, -0.15) is 0 Å². The maximum Gasteiger partial charge on any atom is 0.412 e. The van der Waals surface area contributed by atoms with Crippen LogP contribution in [0.3, 0.4) is 0 Å². The van der Waals surface area contributed by atoms with E-state index >= 15 is 0 Å². The van der Waals surface area contributed by atoms with Crippen LogP contribution in [-0.2, 0) is 16.0 Å². The van der Waals surface area contributed by atoms with E-state index in [1.807, 2.05) is 12.1 Å². The molecule has 134 valence electrons. The van der Waals surface area contributed by atoms with Crippen LogP contribution in [0.5, 0.6) is 0 Å². The Hall–Kier alpha value is -2.96. The van der Waals surface area contributed by atoms with E-state index in [0.717, 1.165) is 0 Å². The molecule has 0 saturated heterocycles. The number of amides is 1. The number of methoxy groups -OCH3 is 1. The van der Waals surface area contributed by atoms with E-state index in [1.165, 1.54) is 7.11 Å². The molecule has 0 fully saturated rings. The Morgan fingerprint density at radius 1 is 1.08 bits per heavy atom. The highest BCUT2D eigenvalue weighted by atomic mass is 16.6. The lowest BCUT2D eigenvalue weighted by Crippen LogP contribution is -2.27. The van der Waals surface area contributed by atoms with Crippen molar-refractivity contribution in [1.29, 1.82) is 0 Å². The molecule has 1 heterocycles. The fraction of sp³-hybridized carbons (Fsp3) is 0.333. The third kappa shape index (κ3) is 5.56. The number of nitrogens with one attached hydrogen (secondary N) is 2. The number of para-hydroxylation sites is 2. The predicted molar refractivity (Wildman–Crippen MR) is 93.7 cm³/mol. The Labute approximate surface area is 146 Å². The van der Waals surface area contributed by atoms with Gasteiger partial charge in [-0.3, -0.25) is 5.32 Å². The van der Waals surface area contributed by atoms with Gasteiger partial charge in [0, 0.05) is 0 Å². The second-order valence-corrected chi connectivity index (χ2v) is 6.28. The summed E-state index contributed by atoms with van der Waals surface area (Å²) in [5.41, 5.74) is 0.700. The lowest BCUT2D eigenvalue weighted by atomic mass is 10.2. The summed E-state index contributed by atoms with van der Waals surface area (Å²) in [5, 5.41) is 5.86. The molecule has 1 aromatic carbocycles. The quantitative estimate of drug-likeness (QED) is 0.795. The van der Waals surface area contributed by atoms with E-state index in [0.29, 0.717) is 23.7 Å². The van der Waals surface area contributed by atoms with E-state index in [9.17, 15) is 9.59 Å². The minimum absolute atomic E-state index is 0.138. The largest absolute Gasteiger partial charge is 0.463 e. The molecule has 0 aliphatic heterocycles. The van der Waals surface area contributed by atoms with Crippen molar-refractivity contribution in [2.24, 2.45) is 0 Å². The zero-order valence-corrected chi connectivity index (χ0v) is 14.7. The molecule has 0 unspecified atom stereocenters. The Balaban J connectivity index is 2.02. The third-order valence-corrected chi connectivity index (χ3v) is 3.06. The molecule has 0 aliphatic rings. The number of esters is 1. The van der Waals surface area contributed by atoms with Crippen LogP contribution < -0.4 is 10.6 Å². The summed E-state index contributed by atoms with van der Waals surface area (Å²) >= 11 is 0. The van der Waals surface area contributed by atoms with Gasteiger partial charge in [-0.15, -0.1) is 0 Å². The zero-order valence-electron chi connectivity index (χ0n) is 14.7. The maximum absolute atomic E-state index is 11.9. The number of rotatable bonds is 5. The van der Waals surface area contributed by atoms with E-state index in [4.69, 9.17) is 9.15 Å². The molecule has 7 heteroatoms. The average molecular weight is 346 g/mol. The zero-order chi connectivity index (χ0) is 18.4. The fourth-order valence-electron chi connectivity index (χ4n) is 2.03. The Kier molecular flexibility index (Phi) is 5.69. The second-order valence-electron chi connectivity index (χ2n) is 6.28. The van der Waals surface area contributed by atoms with Gasteiger partial charge in [0.25, 0.3) is 0 Å². The van der Waals surface area contributed by atoms with Crippen molar-refractivity contribution >= 4 is 23.4 Å². The number of hydrogen-bond donors (Lipinski definition) is 2. The maximum atomic E-state index is 11.9. The van der Waals surface area contributed by atoms with Gasteiger partial charge in [-0.25, -0.2) is 9.59 Å². The molecule has 2 aromatic rings. The first kappa shape index (κ1) is 18.4. The van der Waals surface area contributed by atoms with E-state index in [2.05, 4.69) is 15.4 Å². The molecule has 0 radical (unpaired) electrons. The number of ether oxygens (including phenoxy) is 2. The van der Waals surface area contributed by atoms with Gasteiger partial charge in [0.05, 0.1) is 25.0 Å². The van der Waals surface area contributed by atoms with Crippen LogP contribution in [-0.4, -0.2) is 24.8 Å². The standard InChI is InChI=1S/C18H22N2O5/c1-18(2,3)25-17(22)20-14-8-6-5-7-13(14)19-11-12-9-10-15(24-12)16(21)23-4/h5-10,19H,11H2,1-4H3,(H,20,22). The summed E-state index contributed by atoms with van der Waals surface area (Å²) in [7, 11) is 1.29. The van der Waals surface area contributed by atoms with Crippen LogP contribution in [0.2, 0.25) is 0 Å². The predicted octanol–water partition coefficient (Wildman–Crippen LogP) is 4.03. The number of carbonyl (C=O) groups is 2. The average Bonchev–Trinajstić information content (AvgIpc) is 3.00. The Morgan fingerprint density at radius 3 is 2.40 bits per heavy atom. The molecule has 1 amide bonds. The summed E-state index contributed by atoms with van der Waals surface area (Å²) in [6.45, 7) is 5.73. The van der Waals surface area contributed by atoms with Gasteiger partial charge in [0.2, 0.25) is 5.76 Å². The Bertz CT molecular complexity index is 746. The van der Waals surface area contributed by atoms with Crippen molar-refractivity contribution in [2.75, 3.05) is 17.7 Å². The van der Waals surface area contributed by atoms with Crippen LogP contribution in [0.1, 0.15) is 37.1 Å². The molecule has 0 aliphatic carbocycles. The lowest BCUT2D eigenvalue weighted by molar-refractivity contribution is 0.0562. The van der Waals surface area contributed by atoms with Crippen molar-refractivity contribution in [1.82, 2.24) is 0 Å². The van der Waals surface area contributed by atoms with Crippen molar-refractivity contribution in [2.45, 2.75) is 32.9 Å². The first-order chi connectivity index (χ1) is 11.8. The van der Waals surface area contributed by atoms with Crippen molar-refractivity contribution < 1.29 is 23.5 Å². The molecular formula is C18H22N2O5. The summed E-state index contributed by atoms with van der Waals surface area (Å²) in [6, 6.07) is 10.5. The van der Waals surface area contributed by atoms with Gasteiger partial charge < -0.3 is 19.2 Å². The lowest BCUT2D eigenvalue weighted by Gasteiger charge is -2.20.